The number of likely N-dealkylation sites (N-methyl/N-ethyl adjacent to an activating group) is 1. The van der Waals surface area contributed by atoms with E-state index in [9.17, 15) is 4.39 Å². The molecule has 1 aromatic rings. The average Bonchev–Trinajstić information content (AvgIpc) is 2.29. The molecule has 2 rings (SSSR count). The number of hydrogen-bond donors (Lipinski definition) is 1. The second-order valence-electron chi connectivity index (χ2n) is 4.83. The Balaban J connectivity index is 2.35. The van der Waals surface area contributed by atoms with Crippen LogP contribution in [0, 0.1) is 5.82 Å². The summed E-state index contributed by atoms with van der Waals surface area (Å²) in [6.07, 6.45) is 0. The monoisotopic (exact) mass is 267 g/mol. The molecule has 98 valence electrons. The highest BCUT2D eigenvalue weighted by Gasteiger charge is 2.24. The van der Waals surface area contributed by atoms with Crippen molar-refractivity contribution in [3.05, 3.63) is 29.6 Å². The van der Waals surface area contributed by atoms with Crippen LogP contribution in [0.25, 0.3) is 0 Å². The summed E-state index contributed by atoms with van der Waals surface area (Å²) >= 11 is 5.01. The molecular weight excluding hydrogens is 249 g/mol. The van der Waals surface area contributed by atoms with Crippen LogP contribution in [0.15, 0.2) is 18.2 Å². The molecule has 1 aliphatic rings. The summed E-state index contributed by atoms with van der Waals surface area (Å²) in [5, 5.41) is 0. The molecule has 0 saturated carbocycles. The maximum Gasteiger partial charge on any atom is 0.124 e. The van der Waals surface area contributed by atoms with Gasteiger partial charge in [-0.25, -0.2) is 4.39 Å². The molecule has 2 N–H and O–H groups in total. The molecule has 1 saturated heterocycles. The summed E-state index contributed by atoms with van der Waals surface area (Å²) in [5.41, 5.74) is 7.25. The minimum Gasteiger partial charge on any atom is -0.389 e. The number of anilines is 1. The van der Waals surface area contributed by atoms with Crippen LogP contribution in [-0.4, -0.2) is 42.6 Å². The Labute approximate surface area is 112 Å². The van der Waals surface area contributed by atoms with Gasteiger partial charge in [-0.15, -0.1) is 0 Å². The SMILES string of the molecule is CC1CN(C)CCN1c1ccc(F)cc1C(N)=S. The van der Waals surface area contributed by atoms with E-state index in [1.807, 2.05) is 0 Å². The molecule has 1 atom stereocenters. The second kappa shape index (κ2) is 5.20. The molecule has 1 aliphatic heterocycles. The summed E-state index contributed by atoms with van der Waals surface area (Å²) in [4.78, 5) is 4.77. The van der Waals surface area contributed by atoms with Crippen molar-refractivity contribution >= 4 is 22.9 Å². The van der Waals surface area contributed by atoms with E-state index >= 15 is 0 Å². The third-order valence-electron chi connectivity index (χ3n) is 3.36. The molecule has 5 heteroatoms. The molecule has 1 unspecified atom stereocenters. The first-order chi connectivity index (χ1) is 8.49. The average molecular weight is 267 g/mol. The first-order valence-corrected chi connectivity index (χ1v) is 6.44. The van der Waals surface area contributed by atoms with Crippen LogP contribution in [0.1, 0.15) is 12.5 Å². The number of hydrogen-bond acceptors (Lipinski definition) is 3. The van der Waals surface area contributed by atoms with Gasteiger partial charge in [-0.05, 0) is 32.2 Å². The van der Waals surface area contributed by atoms with Crippen LogP contribution >= 0.6 is 12.2 Å². The first-order valence-electron chi connectivity index (χ1n) is 6.03. The number of nitrogens with zero attached hydrogens (tertiary/aromatic N) is 2. The predicted molar refractivity (Wildman–Crippen MR) is 76.6 cm³/mol. The summed E-state index contributed by atoms with van der Waals surface area (Å²) in [6.45, 7) is 5.02. The van der Waals surface area contributed by atoms with Gasteiger partial charge in [0.25, 0.3) is 0 Å². The Bertz CT molecular complexity index is 464. The van der Waals surface area contributed by atoms with Crippen molar-refractivity contribution < 1.29 is 4.39 Å². The molecule has 1 heterocycles. The number of halogens is 1. The number of rotatable bonds is 2. The van der Waals surface area contributed by atoms with E-state index in [2.05, 4.69) is 23.8 Å². The Hall–Kier alpha value is -1.20. The fourth-order valence-electron chi connectivity index (χ4n) is 2.45. The van der Waals surface area contributed by atoms with E-state index in [1.54, 1.807) is 6.07 Å². The summed E-state index contributed by atoms with van der Waals surface area (Å²) in [7, 11) is 2.10. The molecule has 0 amide bonds. The van der Waals surface area contributed by atoms with Gasteiger partial charge in [0.2, 0.25) is 0 Å². The van der Waals surface area contributed by atoms with Gasteiger partial charge in [0.05, 0.1) is 0 Å². The molecular formula is C13H18FN3S. The summed E-state index contributed by atoms with van der Waals surface area (Å²) in [6, 6.07) is 5.01. The van der Waals surface area contributed by atoms with E-state index in [-0.39, 0.29) is 10.8 Å². The van der Waals surface area contributed by atoms with Crippen molar-refractivity contribution in [3.63, 3.8) is 0 Å². The minimum absolute atomic E-state index is 0.246. The zero-order valence-corrected chi connectivity index (χ0v) is 11.5. The van der Waals surface area contributed by atoms with Gasteiger partial charge in [-0.1, -0.05) is 12.2 Å². The highest BCUT2D eigenvalue weighted by Crippen LogP contribution is 2.25. The molecule has 0 bridgehead atoms. The van der Waals surface area contributed by atoms with Crippen molar-refractivity contribution in [2.24, 2.45) is 5.73 Å². The van der Waals surface area contributed by atoms with Gasteiger partial charge in [0.15, 0.2) is 0 Å². The maximum absolute atomic E-state index is 13.3. The van der Waals surface area contributed by atoms with Crippen LogP contribution < -0.4 is 10.6 Å². The minimum atomic E-state index is -0.302. The van der Waals surface area contributed by atoms with Gasteiger partial charge in [-0.3, -0.25) is 0 Å². The highest BCUT2D eigenvalue weighted by molar-refractivity contribution is 7.80. The van der Waals surface area contributed by atoms with E-state index in [0.29, 0.717) is 11.6 Å². The maximum atomic E-state index is 13.3. The molecule has 3 nitrogen and oxygen atoms in total. The number of benzene rings is 1. The summed E-state index contributed by atoms with van der Waals surface area (Å²) in [5.74, 6) is -0.302. The van der Waals surface area contributed by atoms with Crippen LogP contribution in [-0.2, 0) is 0 Å². The molecule has 0 radical (unpaired) electrons. The third kappa shape index (κ3) is 2.62. The predicted octanol–water partition coefficient (Wildman–Crippen LogP) is 1.60. The third-order valence-corrected chi connectivity index (χ3v) is 3.58. The lowest BCUT2D eigenvalue weighted by Crippen LogP contribution is -2.51. The molecule has 1 aromatic carbocycles. The lowest BCUT2D eigenvalue weighted by Gasteiger charge is -2.40. The Morgan fingerprint density at radius 2 is 2.17 bits per heavy atom. The first kappa shape index (κ1) is 13.2. The molecule has 0 aliphatic carbocycles. The van der Waals surface area contributed by atoms with Crippen molar-refractivity contribution in [3.8, 4) is 0 Å². The number of thiocarbonyl (C=S) groups is 1. The van der Waals surface area contributed by atoms with Crippen molar-refractivity contribution in [1.82, 2.24) is 4.90 Å². The highest BCUT2D eigenvalue weighted by atomic mass is 32.1. The van der Waals surface area contributed by atoms with Gasteiger partial charge < -0.3 is 15.5 Å². The lowest BCUT2D eigenvalue weighted by molar-refractivity contribution is 0.275. The van der Waals surface area contributed by atoms with Crippen molar-refractivity contribution in [1.29, 1.82) is 0 Å². The Kier molecular flexibility index (Phi) is 3.82. The Morgan fingerprint density at radius 1 is 1.44 bits per heavy atom. The smallest absolute Gasteiger partial charge is 0.124 e. The summed E-state index contributed by atoms with van der Waals surface area (Å²) < 4.78 is 13.3. The molecule has 0 aromatic heterocycles. The number of piperazine rings is 1. The fourth-order valence-corrected chi connectivity index (χ4v) is 2.62. The second-order valence-corrected chi connectivity index (χ2v) is 5.27. The quantitative estimate of drug-likeness (QED) is 0.825. The molecule has 1 fully saturated rings. The van der Waals surface area contributed by atoms with Gasteiger partial charge >= 0.3 is 0 Å². The zero-order chi connectivity index (χ0) is 13.3. The molecule has 0 spiro atoms. The van der Waals surface area contributed by atoms with Crippen LogP contribution in [0.4, 0.5) is 10.1 Å². The lowest BCUT2D eigenvalue weighted by atomic mass is 10.1. The standard InChI is InChI=1S/C13H18FN3S/c1-9-8-16(2)5-6-17(9)12-4-3-10(14)7-11(12)13(15)18/h3-4,7,9H,5-6,8H2,1-2H3,(H2,15,18). The fraction of sp³-hybridized carbons (Fsp3) is 0.462. The van der Waals surface area contributed by atoms with E-state index < -0.39 is 0 Å². The van der Waals surface area contributed by atoms with Gasteiger partial charge in [0, 0.05) is 36.9 Å². The van der Waals surface area contributed by atoms with E-state index in [0.717, 1.165) is 25.3 Å². The largest absolute Gasteiger partial charge is 0.389 e. The number of nitrogens with two attached hydrogens (primary N) is 1. The van der Waals surface area contributed by atoms with Crippen molar-refractivity contribution in [2.75, 3.05) is 31.6 Å². The zero-order valence-electron chi connectivity index (χ0n) is 10.7. The normalized spacial score (nSPS) is 21.1. The van der Waals surface area contributed by atoms with Crippen LogP contribution in [0.3, 0.4) is 0 Å². The van der Waals surface area contributed by atoms with Crippen LogP contribution in [0.2, 0.25) is 0 Å². The van der Waals surface area contributed by atoms with E-state index in [1.165, 1.54) is 12.1 Å². The van der Waals surface area contributed by atoms with Crippen LogP contribution in [0.5, 0.6) is 0 Å². The topological polar surface area (TPSA) is 32.5 Å². The van der Waals surface area contributed by atoms with Crippen molar-refractivity contribution in [2.45, 2.75) is 13.0 Å². The van der Waals surface area contributed by atoms with Gasteiger partial charge in [-0.2, -0.15) is 0 Å². The van der Waals surface area contributed by atoms with E-state index in [4.69, 9.17) is 18.0 Å². The molecule has 18 heavy (non-hydrogen) atoms. The Morgan fingerprint density at radius 3 is 2.78 bits per heavy atom. The van der Waals surface area contributed by atoms with Gasteiger partial charge in [0.1, 0.15) is 10.8 Å².